The molecule has 0 amide bonds. The van der Waals surface area contributed by atoms with E-state index in [1.807, 2.05) is 11.8 Å². The molecule has 1 aromatic carbocycles. The van der Waals surface area contributed by atoms with E-state index in [2.05, 4.69) is 29.6 Å². The molecule has 2 nitrogen and oxygen atoms in total. The quantitative estimate of drug-likeness (QED) is 0.871. The van der Waals surface area contributed by atoms with Gasteiger partial charge >= 0.3 is 0 Å². The van der Waals surface area contributed by atoms with Crippen LogP contribution in [0.25, 0.3) is 0 Å². The zero-order chi connectivity index (χ0) is 11.5. The standard InChI is InChI=1S/C14H19NOS/c1-2-6-13-11(4-1)9-17-10-14(13)15-12-5-3-7-16-8-12/h1-2,4,6,12,14-15H,3,5,7-10H2. The summed E-state index contributed by atoms with van der Waals surface area (Å²) >= 11 is 2.03. The van der Waals surface area contributed by atoms with Gasteiger partial charge in [-0.2, -0.15) is 11.8 Å². The van der Waals surface area contributed by atoms with Gasteiger partial charge in [0.15, 0.2) is 0 Å². The molecule has 2 aliphatic rings. The first-order valence-corrected chi connectivity index (χ1v) is 7.58. The van der Waals surface area contributed by atoms with Crippen LogP contribution in [0.4, 0.5) is 0 Å². The largest absolute Gasteiger partial charge is 0.380 e. The second-order valence-corrected chi connectivity index (χ2v) is 5.88. The first kappa shape index (κ1) is 11.6. The zero-order valence-corrected chi connectivity index (χ0v) is 10.8. The molecule has 0 bridgehead atoms. The van der Waals surface area contributed by atoms with Gasteiger partial charge in [0.2, 0.25) is 0 Å². The maximum Gasteiger partial charge on any atom is 0.0619 e. The summed E-state index contributed by atoms with van der Waals surface area (Å²) in [5, 5.41) is 3.77. The summed E-state index contributed by atoms with van der Waals surface area (Å²) < 4.78 is 5.54. The Morgan fingerprint density at radius 3 is 3.12 bits per heavy atom. The fraction of sp³-hybridized carbons (Fsp3) is 0.571. The highest BCUT2D eigenvalue weighted by Crippen LogP contribution is 2.32. The van der Waals surface area contributed by atoms with Crippen molar-refractivity contribution >= 4 is 11.8 Å². The lowest BCUT2D eigenvalue weighted by Gasteiger charge is -2.32. The van der Waals surface area contributed by atoms with Gasteiger partial charge in [0.05, 0.1) is 6.61 Å². The van der Waals surface area contributed by atoms with Crippen molar-refractivity contribution in [2.75, 3.05) is 19.0 Å². The number of ether oxygens (including phenoxy) is 1. The normalized spacial score (nSPS) is 28.7. The van der Waals surface area contributed by atoms with Gasteiger partial charge in [-0.3, -0.25) is 0 Å². The number of nitrogens with one attached hydrogen (secondary N) is 1. The van der Waals surface area contributed by atoms with Gasteiger partial charge < -0.3 is 10.1 Å². The molecule has 2 atom stereocenters. The second kappa shape index (κ2) is 5.42. The summed E-state index contributed by atoms with van der Waals surface area (Å²) in [4.78, 5) is 0. The van der Waals surface area contributed by atoms with E-state index in [1.54, 1.807) is 0 Å². The zero-order valence-electron chi connectivity index (χ0n) is 10.0. The van der Waals surface area contributed by atoms with Crippen LogP contribution in [0.3, 0.4) is 0 Å². The van der Waals surface area contributed by atoms with Crippen LogP contribution >= 0.6 is 11.8 Å². The van der Waals surface area contributed by atoms with Crippen molar-refractivity contribution in [3.8, 4) is 0 Å². The third-order valence-electron chi connectivity index (χ3n) is 3.57. The summed E-state index contributed by atoms with van der Waals surface area (Å²) in [7, 11) is 0. The van der Waals surface area contributed by atoms with Crippen LogP contribution in [-0.4, -0.2) is 25.0 Å². The molecule has 1 saturated heterocycles. The highest BCUT2D eigenvalue weighted by Gasteiger charge is 2.23. The molecule has 3 heteroatoms. The van der Waals surface area contributed by atoms with Gasteiger partial charge in [0.1, 0.15) is 0 Å². The van der Waals surface area contributed by atoms with Crippen LogP contribution < -0.4 is 5.32 Å². The SMILES string of the molecule is c1ccc2c(c1)CSCC2NC1CCCOC1. The molecule has 0 radical (unpaired) electrons. The Hall–Kier alpha value is -0.510. The third kappa shape index (κ3) is 2.67. The van der Waals surface area contributed by atoms with Crippen molar-refractivity contribution in [1.29, 1.82) is 0 Å². The van der Waals surface area contributed by atoms with E-state index >= 15 is 0 Å². The first-order chi connectivity index (χ1) is 8.43. The van der Waals surface area contributed by atoms with Crippen LogP contribution in [0.1, 0.15) is 30.0 Å². The highest BCUT2D eigenvalue weighted by molar-refractivity contribution is 7.98. The summed E-state index contributed by atoms with van der Waals surface area (Å²) in [6, 6.07) is 9.88. The Balaban J connectivity index is 1.71. The summed E-state index contributed by atoms with van der Waals surface area (Å²) in [6.07, 6.45) is 2.45. The molecule has 0 saturated carbocycles. The van der Waals surface area contributed by atoms with Gasteiger partial charge in [0, 0.05) is 30.2 Å². The Morgan fingerprint density at radius 2 is 2.24 bits per heavy atom. The molecule has 2 aliphatic heterocycles. The maximum absolute atomic E-state index is 5.54. The van der Waals surface area contributed by atoms with Crippen LogP contribution in [0.15, 0.2) is 24.3 Å². The lowest BCUT2D eigenvalue weighted by atomic mass is 10.00. The van der Waals surface area contributed by atoms with E-state index in [0.717, 1.165) is 19.0 Å². The Kier molecular flexibility index (Phi) is 3.69. The predicted octanol–water partition coefficient (Wildman–Crippen LogP) is 2.74. The molecule has 92 valence electrons. The third-order valence-corrected chi connectivity index (χ3v) is 4.65. The van der Waals surface area contributed by atoms with Gasteiger partial charge in [-0.05, 0) is 24.0 Å². The fourth-order valence-electron chi connectivity index (χ4n) is 2.68. The van der Waals surface area contributed by atoms with E-state index in [9.17, 15) is 0 Å². The van der Waals surface area contributed by atoms with Crippen molar-refractivity contribution in [3.05, 3.63) is 35.4 Å². The van der Waals surface area contributed by atoms with E-state index in [4.69, 9.17) is 4.74 Å². The minimum Gasteiger partial charge on any atom is -0.380 e. The second-order valence-electron chi connectivity index (χ2n) is 4.85. The number of fused-ring (bicyclic) bond motifs is 1. The Morgan fingerprint density at radius 1 is 1.29 bits per heavy atom. The minimum atomic E-state index is 0.511. The van der Waals surface area contributed by atoms with Crippen LogP contribution in [0, 0.1) is 0 Å². The number of benzene rings is 1. The summed E-state index contributed by atoms with van der Waals surface area (Å²) in [5.74, 6) is 2.35. The van der Waals surface area contributed by atoms with E-state index in [0.29, 0.717) is 12.1 Å². The van der Waals surface area contributed by atoms with Crippen molar-refractivity contribution < 1.29 is 4.74 Å². The van der Waals surface area contributed by atoms with Crippen molar-refractivity contribution in [1.82, 2.24) is 5.32 Å². The van der Waals surface area contributed by atoms with Crippen LogP contribution in [-0.2, 0) is 10.5 Å². The van der Waals surface area contributed by atoms with E-state index < -0.39 is 0 Å². The lowest BCUT2D eigenvalue weighted by molar-refractivity contribution is 0.0672. The molecule has 1 aromatic rings. The maximum atomic E-state index is 5.54. The van der Waals surface area contributed by atoms with Gasteiger partial charge in [-0.1, -0.05) is 24.3 Å². The molecule has 0 aromatic heterocycles. The molecule has 1 fully saturated rings. The topological polar surface area (TPSA) is 21.3 Å². The Bertz CT molecular complexity index is 376. The number of hydrogen-bond donors (Lipinski definition) is 1. The number of hydrogen-bond acceptors (Lipinski definition) is 3. The highest BCUT2D eigenvalue weighted by atomic mass is 32.2. The predicted molar refractivity (Wildman–Crippen MR) is 72.3 cm³/mol. The molecular weight excluding hydrogens is 230 g/mol. The summed E-state index contributed by atoms with van der Waals surface area (Å²) in [5.41, 5.74) is 3.00. The molecule has 2 heterocycles. The summed E-state index contributed by atoms with van der Waals surface area (Å²) in [6.45, 7) is 1.82. The molecule has 1 N–H and O–H groups in total. The van der Waals surface area contributed by atoms with Crippen molar-refractivity contribution in [2.24, 2.45) is 0 Å². The lowest BCUT2D eigenvalue weighted by Crippen LogP contribution is -2.40. The fourth-order valence-corrected chi connectivity index (χ4v) is 3.79. The van der Waals surface area contributed by atoms with Crippen LogP contribution in [0.2, 0.25) is 0 Å². The molecule has 0 aliphatic carbocycles. The van der Waals surface area contributed by atoms with Crippen LogP contribution in [0.5, 0.6) is 0 Å². The molecular formula is C14H19NOS. The van der Waals surface area contributed by atoms with Gasteiger partial charge in [-0.15, -0.1) is 0 Å². The minimum absolute atomic E-state index is 0.511. The van der Waals surface area contributed by atoms with Gasteiger partial charge in [-0.25, -0.2) is 0 Å². The molecule has 0 spiro atoms. The number of rotatable bonds is 2. The van der Waals surface area contributed by atoms with Gasteiger partial charge in [0.25, 0.3) is 0 Å². The monoisotopic (exact) mass is 249 g/mol. The Labute approximate surface area is 107 Å². The molecule has 2 unspecified atom stereocenters. The van der Waals surface area contributed by atoms with Crippen molar-refractivity contribution in [2.45, 2.75) is 30.7 Å². The molecule has 3 rings (SSSR count). The average Bonchev–Trinajstić information content (AvgIpc) is 2.40. The molecule has 17 heavy (non-hydrogen) atoms. The number of thioether (sulfide) groups is 1. The smallest absolute Gasteiger partial charge is 0.0619 e. The average molecular weight is 249 g/mol. The van der Waals surface area contributed by atoms with Crippen molar-refractivity contribution in [3.63, 3.8) is 0 Å². The van der Waals surface area contributed by atoms with E-state index in [1.165, 1.54) is 29.7 Å². The first-order valence-electron chi connectivity index (χ1n) is 6.43. The van der Waals surface area contributed by atoms with E-state index in [-0.39, 0.29) is 0 Å².